The van der Waals surface area contributed by atoms with Crippen LogP contribution in [0.15, 0.2) is 12.2 Å². The molecule has 7 unspecified atom stereocenters. The van der Waals surface area contributed by atoms with Crippen LogP contribution in [0.4, 0.5) is 0 Å². The van der Waals surface area contributed by atoms with Gasteiger partial charge in [0, 0.05) is 12.8 Å². The normalized spacial score (nSPS) is 18.8. The number of nitrogens with one attached hydrogen (secondary N) is 1. The number of aliphatic hydroxyl groups excluding tert-OH is 5. The van der Waals surface area contributed by atoms with Gasteiger partial charge in [-0.25, -0.2) is 0 Å². The summed E-state index contributed by atoms with van der Waals surface area (Å²) in [6, 6.07) is -0.808. The molecule has 0 bridgehead atoms. The first-order valence-electron chi connectivity index (χ1n) is 32.0. The Bertz CT molecular complexity index is 1240. The summed E-state index contributed by atoms with van der Waals surface area (Å²) in [4.78, 5) is 25.1. The van der Waals surface area contributed by atoms with Crippen molar-refractivity contribution in [2.75, 3.05) is 19.8 Å². The maximum atomic E-state index is 13.0. The molecule has 1 aliphatic heterocycles. The summed E-state index contributed by atoms with van der Waals surface area (Å²) < 4.78 is 16.7. The largest absolute Gasteiger partial charge is 0.466 e. The quantitative estimate of drug-likeness (QED) is 0.0195. The van der Waals surface area contributed by atoms with Gasteiger partial charge in [0.2, 0.25) is 5.91 Å². The summed E-state index contributed by atoms with van der Waals surface area (Å²) >= 11 is 0. The highest BCUT2D eigenvalue weighted by Gasteiger charge is 2.44. The number of carbonyl (C=O) groups excluding carboxylic acids is 2. The van der Waals surface area contributed by atoms with Crippen LogP contribution < -0.4 is 5.32 Å². The zero-order valence-corrected chi connectivity index (χ0v) is 48.3. The molecule has 11 nitrogen and oxygen atoms in total. The second-order valence-corrected chi connectivity index (χ2v) is 22.5. The van der Waals surface area contributed by atoms with E-state index in [0.29, 0.717) is 19.4 Å². The molecule has 11 heteroatoms. The molecule has 0 spiro atoms. The van der Waals surface area contributed by atoms with Crippen molar-refractivity contribution < 1.29 is 49.3 Å². The molecule has 0 aromatic rings. The first-order chi connectivity index (χ1) is 36.2. The molecular weight excluding hydrogens is 931 g/mol. The van der Waals surface area contributed by atoms with Gasteiger partial charge >= 0.3 is 5.97 Å². The van der Waals surface area contributed by atoms with E-state index in [2.05, 4.69) is 19.2 Å². The lowest BCUT2D eigenvalue weighted by atomic mass is 9.99. The lowest BCUT2D eigenvalue weighted by Gasteiger charge is -2.40. The number of hydrogen-bond acceptors (Lipinski definition) is 10. The molecule has 1 rings (SSSR count). The molecule has 1 saturated heterocycles. The van der Waals surface area contributed by atoms with Crippen molar-refractivity contribution in [2.24, 2.45) is 0 Å². The van der Waals surface area contributed by atoms with Crippen molar-refractivity contribution in [3.63, 3.8) is 0 Å². The molecule has 1 aliphatic rings. The topological polar surface area (TPSA) is 175 Å². The molecule has 438 valence electrons. The average molecular weight is 1050 g/mol. The molecule has 0 saturated carbocycles. The zero-order chi connectivity index (χ0) is 53.8. The minimum Gasteiger partial charge on any atom is -0.466 e. The van der Waals surface area contributed by atoms with Crippen LogP contribution >= 0.6 is 0 Å². The summed E-state index contributed by atoms with van der Waals surface area (Å²) in [7, 11) is 0. The Balaban J connectivity index is 2.02. The van der Waals surface area contributed by atoms with Crippen molar-refractivity contribution in [3.05, 3.63) is 12.2 Å². The maximum absolute atomic E-state index is 13.0. The number of aliphatic hydroxyl groups is 5. The number of amides is 1. The van der Waals surface area contributed by atoms with Crippen LogP contribution in [0, 0.1) is 0 Å². The van der Waals surface area contributed by atoms with Gasteiger partial charge in [-0.3, -0.25) is 9.59 Å². The Morgan fingerprint density at radius 3 is 1.26 bits per heavy atom. The monoisotopic (exact) mass is 1050 g/mol. The van der Waals surface area contributed by atoms with E-state index in [9.17, 15) is 35.1 Å². The number of hydrogen-bond donors (Lipinski definition) is 6. The molecule has 1 heterocycles. The van der Waals surface area contributed by atoms with E-state index < -0.39 is 49.5 Å². The molecule has 1 amide bonds. The molecule has 74 heavy (non-hydrogen) atoms. The molecule has 7 atom stereocenters. The van der Waals surface area contributed by atoms with E-state index in [1.165, 1.54) is 231 Å². The molecular formula is C63H121NO10. The highest BCUT2D eigenvalue weighted by molar-refractivity contribution is 5.76. The summed E-state index contributed by atoms with van der Waals surface area (Å²) in [5.41, 5.74) is 0. The van der Waals surface area contributed by atoms with Crippen molar-refractivity contribution in [1.29, 1.82) is 0 Å². The minimum atomic E-state index is -1.57. The third-order valence-corrected chi connectivity index (χ3v) is 15.4. The van der Waals surface area contributed by atoms with Gasteiger partial charge in [0.25, 0.3) is 0 Å². The van der Waals surface area contributed by atoms with Gasteiger partial charge in [-0.2, -0.15) is 0 Å². The Labute approximate surface area is 455 Å². The van der Waals surface area contributed by atoms with Gasteiger partial charge in [0.15, 0.2) is 6.29 Å². The third-order valence-electron chi connectivity index (χ3n) is 15.4. The fraction of sp³-hybridized carbons (Fsp3) is 0.937. The number of esters is 1. The molecule has 0 aromatic carbocycles. The lowest BCUT2D eigenvalue weighted by Crippen LogP contribution is -2.60. The van der Waals surface area contributed by atoms with Gasteiger partial charge in [0.05, 0.1) is 32.0 Å². The second-order valence-electron chi connectivity index (χ2n) is 22.5. The lowest BCUT2D eigenvalue weighted by molar-refractivity contribution is -0.302. The molecule has 1 fully saturated rings. The van der Waals surface area contributed by atoms with E-state index in [1.54, 1.807) is 6.08 Å². The van der Waals surface area contributed by atoms with E-state index >= 15 is 0 Å². The van der Waals surface area contributed by atoms with Gasteiger partial charge in [-0.15, -0.1) is 0 Å². The summed E-state index contributed by atoms with van der Waals surface area (Å²) in [5.74, 6) is -0.177. The van der Waals surface area contributed by atoms with Crippen molar-refractivity contribution in [1.82, 2.24) is 5.32 Å². The molecule has 0 aliphatic carbocycles. The number of unbranched alkanes of at least 4 members (excludes halogenated alkanes) is 42. The Kier molecular flexibility index (Phi) is 50.8. The van der Waals surface area contributed by atoms with Crippen molar-refractivity contribution in [3.8, 4) is 0 Å². The predicted octanol–water partition coefficient (Wildman–Crippen LogP) is 15.1. The SMILES string of the molecule is CCCCCCCCCCCC/C=C/C(O)C(COC1OC(CO)C(O)C(O)C1O)NC(=O)CCCCCCCCCCCCCCCCCCCCCCCCCOC(=O)CCCCCCCCCCCCC. The van der Waals surface area contributed by atoms with Crippen LogP contribution in [0.1, 0.15) is 316 Å². The standard InChI is InChI=1S/C63H121NO10/c1-3-5-7-9-11-13-15-30-33-37-41-45-49-56(66)55(54-73-63-62(71)61(70)60(69)57(53-65)74-63)64-58(67)50-46-42-38-34-31-27-25-23-21-19-17-16-18-20-22-24-26-28-32-36-40-44-48-52-72-59(68)51-47-43-39-35-29-14-12-10-8-6-4-2/h45,49,55-57,60-63,65-66,69-71H,3-44,46-48,50-54H2,1-2H3,(H,64,67)/b49-45+. The second kappa shape index (κ2) is 53.4. The highest BCUT2D eigenvalue weighted by Crippen LogP contribution is 2.23. The van der Waals surface area contributed by atoms with Gasteiger partial charge in [-0.1, -0.05) is 283 Å². The average Bonchev–Trinajstić information content (AvgIpc) is 3.40. The third kappa shape index (κ3) is 42.4. The van der Waals surface area contributed by atoms with Crippen LogP contribution in [0.2, 0.25) is 0 Å². The molecule has 0 aromatic heterocycles. The molecule has 0 radical (unpaired) electrons. The first kappa shape index (κ1) is 70.4. The number of rotatable bonds is 56. The summed E-state index contributed by atoms with van der Waals surface area (Å²) in [5, 5.41) is 54.4. The predicted molar refractivity (Wildman–Crippen MR) is 306 cm³/mol. The van der Waals surface area contributed by atoms with Crippen LogP contribution in [-0.2, 0) is 23.8 Å². The highest BCUT2D eigenvalue weighted by atomic mass is 16.7. The molecule has 6 N–H and O–H groups in total. The van der Waals surface area contributed by atoms with Gasteiger partial charge < -0.3 is 45.1 Å². The van der Waals surface area contributed by atoms with Crippen molar-refractivity contribution >= 4 is 11.9 Å². The van der Waals surface area contributed by atoms with E-state index in [1.807, 2.05) is 6.08 Å². The van der Waals surface area contributed by atoms with Crippen molar-refractivity contribution in [2.45, 2.75) is 358 Å². The maximum Gasteiger partial charge on any atom is 0.305 e. The van der Waals surface area contributed by atoms with Crippen LogP contribution in [0.3, 0.4) is 0 Å². The fourth-order valence-electron chi connectivity index (χ4n) is 10.3. The fourth-order valence-corrected chi connectivity index (χ4v) is 10.3. The van der Waals surface area contributed by atoms with E-state index in [-0.39, 0.29) is 18.5 Å². The van der Waals surface area contributed by atoms with Gasteiger partial charge in [0.1, 0.15) is 24.4 Å². The Hall–Kier alpha value is -1.60. The van der Waals surface area contributed by atoms with E-state index in [4.69, 9.17) is 14.2 Å². The Morgan fingerprint density at radius 1 is 0.486 bits per heavy atom. The Morgan fingerprint density at radius 2 is 0.851 bits per heavy atom. The number of ether oxygens (including phenoxy) is 3. The number of allylic oxidation sites excluding steroid dienone is 1. The summed E-state index contributed by atoms with van der Waals surface area (Å²) in [6.07, 6.45) is 53.1. The number of carbonyl (C=O) groups is 2. The zero-order valence-electron chi connectivity index (χ0n) is 48.3. The first-order valence-corrected chi connectivity index (χ1v) is 32.0. The summed E-state index contributed by atoms with van der Waals surface area (Å²) in [6.45, 7) is 4.36. The van der Waals surface area contributed by atoms with Crippen LogP contribution in [0.5, 0.6) is 0 Å². The van der Waals surface area contributed by atoms with Crippen LogP contribution in [0.25, 0.3) is 0 Å². The minimum absolute atomic E-state index is 0.00291. The van der Waals surface area contributed by atoms with Crippen LogP contribution in [-0.4, -0.2) is 100 Å². The van der Waals surface area contributed by atoms with Gasteiger partial charge in [-0.05, 0) is 32.1 Å². The van der Waals surface area contributed by atoms with E-state index in [0.717, 1.165) is 57.8 Å². The smallest absolute Gasteiger partial charge is 0.305 e.